The summed E-state index contributed by atoms with van der Waals surface area (Å²) in [6, 6.07) is 6.56. The first-order valence-electron chi connectivity index (χ1n) is 4.65. The van der Waals surface area contributed by atoms with E-state index in [1.807, 2.05) is 13.8 Å². The molecule has 1 rings (SSSR count). The SMILES string of the molecule is CC(C)(CNC(=O)S)c1ccccc1F. The number of hydrogen-bond acceptors (Lipinski definition) is 1. The van der Waals surface area contributed by atoms with Crippen LogP contribution in [0.15, 0.2) is 24.3 Å². The molecule has 0 aliphatic rings. The van der Waals surface area contributed by atoms with Crippen molar-refractivity contribution < 1.29 is 9.18 Å². The van der Waals surface area contributed by atoms with Crippen molar-refractivity contribution in [1.29, 1.82) is 0 Å². The van der Waals surface area contributed by atoms with Gasteiger partial charge < -0.3 is 5.32 Å². The molecule has 0 bridgehead atoms. The van der Waals surface area contributed by atoms with Crippen molar-refractivity contribution in [2.75, 3.05) is 6.54 Å². The Kier molecular flexibility index (Phi) is 3.74. The molecule has 1 N–H and O–H groups in total. The predicted octanol–water partition coefficient (Wildman–Crippen LogP) is 2.74. The molecule has 0 aliphatic heterocycles. The Bertz CT molecular complexity index is 365. The molecule has 4 heteroatoms. The number of thiol groups is 1. The van der Waals surface area contributed by atoms with Crippen LogP contribution in [0.1, 0.15) is 19.4 Å². The summed E-state index contributed by atoms with van der Waals surface area (Å²) in [5, 5.41) is 2.17. The largest absolute Gasteiger partial charge is 0.346 e. The highest BCUT2D eigenvalue weighted by Gasteiger charge is 2.23. The van der Waals surface area contributed by atoms with Crippen molar-refractivity contribution >= 4 is 17.9 Å². The van der Waals surface area contributed by atoms with Crippen LogP contribution in [0.2, 0.25) is 0 Å². The van der Waals surface area contributed by atoms with Crippen molar-refractivity contribution in [2.24, 2.45) is 0 Å². The van der Waals surface area contributed by atoms with Gasteiger partial charge in [0.25, 0.3) is 5.24 Å². The summed E-state index contributed by atoms with van der Waals surface area (Å²) >= 11 is 3.60. The molecule has 82 valence electrons. The lowest BCUT2D eigenvalue weighted by atomic mass is 9.84. The van der Waals surface area contributed by atoms with Crippen molar-refractivity contribution in [3.63, 3.8) is 0 Å². The highest BCUT2D eigenvalue weighted by Crippen LogP contribution is 2.24. The van der Waals surface area contributed by atoms with Crippen molar-refractivity contribution in [2.45, 2.75) is 19.3 Å². The summed E-state index contributed by atoms with van der Waals surface area (Å²) < 4.78 is 13.5. The van der Waals surface area contributed by atoms with Crippen LogP contribution in [0.3, 0.4) is 0 Å². The van der Waals surface area contributed by atoms with Crippen molar-refractivity contribution in [3.05, 3.63) is 35.6 Å². The van der Waals surface area contributed by atoms with Gasteiger partial charge in [-0.15, -0.1) is 0 Å². The van der Waals surface area contributed by atoms with E-state index >= 15 is 0 Å². The lowest BCUT2D eigenvalue weighted by Crippen LogP contribution is -2.34. The lowest BCUT2D eigenvalue weighted by Gasteiger charge is -2.25. The average molecular weight is 227 g/mol. The molecular weight excluding hydrogens is 213 g/mol. The Morgan fingerprint density at radius 2 is 2.07 bits per heavy atom. The van der Waals surface area contributed by atoms with Crippen molar-refractivity contribution in [3.8, 4) is 0 Å². The van der Waals surface area contributed by atoms with Gasteiger partial charge in [0, 0.05) is 12.0 Å². The standard InChI is InChI=1S/C11H14FNOS/c1-11(2,7-13-10(14)15)8-5-3-4-6-9(8)12/h3-6H,7H2,1-2H3,(H2,13,14,15). The van der Waals surface area contributed by atoms with E-state index in [2.05, 4.69) is 17.9 Å². The second-order valence-electron chi connectivity index (χ2n) is 4.02. The van der Waals surface area contributed by atoms with E-state index in [9.17, 15) is 9.18 Å². The zero-order valence-electron chi connectivity index (χ0n) is 8.75. The molecule has 0 atom stereocenters. The first kappa shape index (κ1) is 12.0. The molecule has 0 aliphatic carbocycles. The molecule has 1 aromatic carbocycles. The minimum atomic E-state index is -0.441. The highest BCUT2D eigenvalue weighted by atomic mass is 32.1. The third-order valence-electron chi connectivity index (χ3n) is 2.28. The van der Waals surface area contributed by atoms with Crippen LogP contribution in [0, 0.1) is 5.82 Å². The Hall–Kier alpha value is -1.03. The fourth-order valence-corrected chi connectivity index (χ4v) is 1.48. The van der Waals surface area contributed by atoms with Gasteiger partial charge in [-0.1, -0.05) is 44.7 Å². The molecule has 1 aromatic rings. The van der Waals surface area contributed by atoms with Crippen LogP contribution >= 0.6 is 12.6 Å². The minimum absolute atomic E-state index is 0.254. The van der Waals surface area contributed by atoms with Crippen LogP contribution in [-0.4, -0.2) is 11.8 Å². The van der Waals surface area contributed by atoms with E-state index in [4.69, 9.17) is 0 Å². The summed E-state index contributed by atoms with van der Waals surface area (Å²) in [5.74, 6) is -0.254. The number of rotatable bonds is 3. The number of benzene rings is 1. The summed E-state index contributed by atoms with van der Waals surface area (Å²) in [6.07, 6.45) is 0. The molecule has 1 amide bonds. The molecule has 0 saturated heterocycles. The molecule has 0 spiro atoms. The Labute approximate surface area is 94.3 Å². The summed E-state index contributed by atoms with van der Waals surface area (Å²) in [4.78, 5) is 10.7. The third kappa shape index (κ3) is 3.23. The molecule has 0 radical (unpaired) electrons. The first-order valence-corrected chi connectivity index (χ1v) is 5.10. The Balaban J connectivity index is 2.85. The zero-order chi connectivity index (χ0) is 11.5. The summed E-state index contributed by atoms with van der Waals surface area (Å²) in [5.41, 5.74) is 0.149. The quantitative estimate of drug-likeness (QED) is 0.764. The van der Waals surface area contributed by atoms with Gasteiger partial charge in [0.1, 0.15) is 5.82 Å². The van der Waals surface area contributed by atoms with E-state index in [1.165, 1.54) is 6.07 Å². The van der Waals surface area contributed by atoms with Gasteiger partial charge in [-0.25, -0.2) is 4.39 Å². The molecule has 0 fully saturated rings. The molecule has 0 heterocycles. The maximum Gasteiger partial charge on any atom is 0.276 e. The fraction of sp³-hybridized carbons (Fsp3) is 0.364. The van der Waals surface area contributed by atoms with Gasteiger partial charge in [0.05, 0.1) is 0 Å². The molecule has 0 aromatic heterocycles. The molecular formula is C11H14FNOS. The maximum atomic E-state index is 13.5. The van der Waals surface area contributed by atoms with Crippen LogP contribution in [-0.2, 0) is 5.41 Å². The Morgan fingerprint density at radius 3 is 2.60 bits per heavy atom. The van der Waals surface area contributed by atoms with E-state index in [0.717, 1.165) is 0 Å². The number of nitrogens with one attached hydrogen (secondary N) is 1. The zero-order valence-corrected chi connectivity index (χ0v) is 9.64. The van der Waals surface area contributed by atoms with E-state index in [0.29, 0.717) is 12.1 Å². The van der Waals surface area contributed by atoms with Gasteiger partial charge in [0.2, 0.25) is 0 Å². The van der Waals surface area contributed by atoms with E-state index in [-0.39, 0.29) is 5.82 Å². The predicted molar refractivity (Wildman–Crippen MR) is 61.8 cm³/mol. The van der Waals surface area contributed by atoms with Gasteiger partial charge >= 0.3 is 0 Å². The van der Waals surface area contributed by atoms with Gasteiger partial charge in [-0.2, -0.15) is 0 Å². The summed E-state index contributed by atoms with van der Waals surface area (Å²) in [7, 11) is 0. The van der Waals surface area contributed by atoms with Gasteiger partial charge in [-0.3, -0.25) is 4.79 Å². The number of halogens is 1. The second kappa shape index (κ2) is 4.66. The van der Waals surface area contributed by atoms with Gasteiger partial charge in [0.15, 0.2) is 0 Å². The number of hydrogen-bond donors (Lipinski definition) is 2. The molecule has 15 heavy (non-hydrogen) atoms. The smallest absolute Gasteiger partial charge is 0.276 e. The molecule has 0 unspecified atom stereocenters. The number of carbonyl (C=O) groups is 1. The molecule has 0 saturated carbocycles. The van der Waals surface area contributed by atoms with Crippen LogP contribution in [0.4, 0.5) is 9.18 Å². The Morgan fingerprint density at radius 1 is 1.47 bits per heavy atom. The minimum Gasteiger partial charge on any atom is -0.346 e. The van der Waals surface area contributed by atoms with Crippen LogP contribution in [0.25, 0.3) is 0 Å². The van der Waals surface area contributed by atoms with Crippen molar-refractivity contribution in [1.82, 2.24) is 5.32 Å². The number of amides is 1. The average Bonchev–Trinajstić information content (AvgIpc) is 2.15. The normalized spacial score (nSPS) is 11.2. The summed E-state index contributed by atoms with van der Waals surface area (Å²) in [6.45, 7) is 4.10. The van der Waals surface area contributed by atoms with Crippen LogP contribution < -0.4 is 5.32 Å². The van der Waals surface area contributed by atoms with E-state index < -0.39 is 10.7 Å². The highest BCUT2D eigenvalue weighted by molar-refractivity contribution is 7.96. The van der Waals surface area contributed by atoms with Crippen LogP contribution in [0.5, 0.6) is 0 Å². The molecule has 2 nitrogen and oxygen atoms in total. The second-order valence-corrected chi connectivity index (χ2v) is 4.43. The fourth-order valence-electron chi connectivity index (χ4n) is 1.40. The monoisotopic (exact) mass is 227 g/mol. The van der Waals surface area contributed by atoms with E-state index in [1.54, 1.807) is 18.2 Å². The maximum absolute atomic E-state index is 13.5. The third-order valence-corrected chi connectivity index (χ3v) is 2.44. The number of carbonyl (C=O) groups excluding carboxylic acids is 1. The topological polar surface area (TPSA) is 29.1 Å². The first-order chi connectivity index (χ1) is 6.93. The van der Waals surface area contributed by atoms with Gasteiger partial charge in [-0.05, 0) is 11.6 Å². The lowest BCUT2D eigenvalue weighted by molar-refractivity contribution is 0.258.